The third kappa shape index (κ3) is 3.96. The van der Waals surface area contributed by atoms with Gasteiger partial charge in [0.15, 0.2) is 0 Å². The number of piperidine rings is 1. The van der Waals surface area contributed by atoms with Crippen molar-refractivity contribution in [2.24, 2.45) is 10.5 Å². The number of hydrogen-bond acceptors (Lipinski definition) is 3. The molecular formula is C21H29N5O. The Balaban J connectivity index is 1.95. The van der Waals surface area contributed by atoms with E-state index in [-0.39, 0.29) is 5.91 Å². The number of nitrogen functional groups attached to an aromatic ring is 1. The first-order valence-electron chi connectivity index (χ1n) is 9.68. The zero-order chi connectivity index (χ0) is 19.7. The van der Waals surface area contributed by atoms with Crippen molar-refractivity contribution in [2.75, 3.05) is 18.8 Å². The number of carbonyl (C=O) groups is 1. The fourth-order valence-electron chi connectivity index (χ4n) is 4.17. The fraction of sp³-hybridized carbons (Fsp3) is 0.571. The summed E-state index contributed by atoms with van der Waals surface area (Å²) in [5.74, 6) is 0.0671. The summed E-state index contributed by atoms with van der Waals surface area (Å²) >= 11 is 0. The van der Waals surface area contributed by atoms with Gasteiger partial charge >= 0.3 is 0 Å². The Morgan fingerprint density at radius 1 is 1.26 bits per heavy atom. The zero-order valence-corrected chi connectivity index (χ0v) is 16.5. The number of likely N-dealkylation sites (tertiary alicyclic amines) is 1. The molecule has 2 N–H and O–H groups in total. The number of azide groups is 1. The van der Waals surface area contributed by atoms with Crippen LogP contribution in [-0.4, -0.2) is 23.9 Å². The molecule has 0 unspecified atom stereocenters. The molecule has 1 aliphatic carbocycles. The lowest BCUT2D eigenvalue weighted by molar-refractivity contribution is -0.130. The summed E-state index contributed by atoms with van der Waals surface area (Å²) in [5, 5.41) is 4.20. The van der Waals surface area contributed by atoms with Crippen LogP contribution in [0.2, 0.25) is 0 Å². The topological polar surface area (TPSA) is 95.1 Å². The Kier molecular flexibility index (Phi) is 5.20. The van der Waals surface area contributed by atoms with Gasteiger partial charge in [0.25, 0.3) is 0 Å². The molecule has 0 spiro atoms. The van der Waals surface area contributed by atoms with Gasteiger partial charge in [-0.2, -0.15) is 0 Å². The van der Waals surface area contributed by atoms with Crippen molar-refractivity contribution >= 4 is 17.2 Å². The number of benzene rings is 1. The van der Waals surface area contributed by atoms with E-state index in [1.807, 2.05) is 17.0 Å². The first-order valence-corrected chi connectivity index (χ1v) is 9.68. The third-order valence-corrected chi connectivity index (χ3v) is 6.18. The number of hydrogen-bond donors (Lipinski definition) is 1. The molecule has 1 aromatic rings. The summed E-state index contributed by atoms with van der Waals surface area (Å²) in [7, 11) is 0. The summed E-state index contributed by atoms with van der Waals surface area (Å²) in [5.41, 5.74) is 19.3. The van der Waals surface area contributed by atoms with Gasteiger partial charge < -0.3 is 10.6 Å². The Morgan fingerprint density at radius 3 is 2.52 bits per heavy atom. The van der Waals surface area contributed by atoms with E-state index < -0.39 is 5.54 Å². The standard InChI is InChI=1S/C21H29N5O/c1-15(27)26-12-10-21(11-13-26,24-25-23)17-4-5-19(22)18(14-17)16-6-8-20(2,3)9-7-16/h4-6,14H,7-13,22H2,1-3H3. The molecule has 1 fully saturated rings. The molecule has 0 bridgehead atoms. The summed E-state index contributed by atoms with van der Waals surface area (Å²) in [4.78, 5) is 16.6. The van der Waals surface area contributed by atoms with E-state index in [2.05, 4.69) is 36.0 Å². The highest BCUT2D eigenvalue weighted by molar-refractivity contribution is 5.76. The van der Waals surface area contributed by atoms with Crippen LogP contribution < -0.4 is 5.73 Å². The van der Waals surface area contributed by atoms with Crippen molar-refractivity contribution in [3.05, 3.63) is 45.8 Å². The van der Waals surface area contributed by atoms with Crippen molar-refractivity contribution in [1.29, 1.82) is 0 Å². The molecule has 1 heterocycles. The molecule has 1 aliphatic heterocycles. The van der Waals surface area contributed by atoms with Gasteiger partial charge in [0, 0.05) is 36.2 Å². The molecular weight excluding hydrogens is 338 g/mol. The summed E-state index contributed by atoms with van der Waals surface area (Å²) in [6.45, 7) is 7.37. The number of nitrogens with two attached hydrogens (primary N) is 1. The van der Waals surface area contributed by atoms with Crippen molar-refractivity contribution in [1.82, 2.24) is 4.90 Å². The van der Waals surface area contributed by atoms with Crippen LogP contribution in [0.1, 0.15) is 64.0 Å². The normalized spacial score (nSPS) is 21.1. The Morgan fingerprint density at radius 2 is 1.96 bits per heavy atom. The average molecular weight is 367 g/mol. The van der Waals surface area contributed by atoms with Crippen LogP contribution in [0, 0.1) is 5.41 Å². The van der Waals surface area contributed by atoms with Gasteiger partial charge in [-0.1, -0.05) is 31.1 Å². The van der Waals surface area contributed by atoms with E-state index in [9.17, 15) is 10.3 Å². The first-order chi connectivity index (χ1) is 12.8. The molecule has 6 nitrogen and oxygen atoms in total. The van der Waals surface area contributed by atoms with Crippen molar-refractivity contribution in [3.8, 4) is 0 Å². The number of nitrogens with zero attached hydrogens (tertiary/aromatic N) is 4. The number of amides is 1. The van der Waals surface area contributed by atoms with E-state index in [1.54, 1.807) is 6.92 Å². The highest BCUT2D eigenvalue weighted by Gasteiger charge is 2.37. The minimum atomic E-state index is -0.613. The Hall–Kier alpha value is -2.46. The lowest BCUT2D eigenvalue weighted by Crippen LogP contribution is -2.43. The number of carbonyl (C=O) groups excluding carboxylic acids is 1. The van der Waals surface area contributed by atoms with Crippen molar-refractivity contribution < 1.29 is 4.79 Å². The lowest BCUT2D eigenvalue weighted by Gasteiger charge is -2.39. The van der Waals surface area contributed by atoms with Crippen molar-refractivity contribution in [2.45, 2.75) is 58.4 Å². The number of rotatable bonds is 3. The predicted octanol–water partition coefficient (Wildman–Crippen LogP) is 5.01. The highest BCUT2D eigenvalue weighted by atomic mass is 16.2. The quantitative estimate of drug-likeness (QED) is 0.352. The second kappa shape index (κ2) is 7.28. The van der Waals surface area contributed by atoms with Gasteiger partial charge in [-0.15, -0.1) is 0 Å². The van der Waals surface area contributed by atoms with E-state index in [4.69, 9.17) is 5.73 Å². The van der Waals surface area contributed by atoms with Gasteiger partial charge in [-0.05, 0) is 66.3 Å². The maximum absolute atomic E-state index is 11.7. The van der Waals surface area contributed by atoms with Crippen LogP contribution in [0.15, 0.2) is 29.4 Å². The minimum absolute atomic E-state index is 0.0671. The van der Waals surface area contributed by atoms with Gasteiger partial charge in [0.2, 0.25) is 5.91 Å². The number of allylic oxidation sites excluding steroid dienone is 2. The molecule has 2 aliphatic rings. The maximum Gasteiger partial charge on any atom is 0.219 e. The second-order valence-corrected chi connectivity index (χ2v) is 8.63. The summed E-state index contributed by atoms with van der Waals surface area (Å²) in [6.07, 6.45) is 6.75. The fourth-order valence-corrected chi connectivity index (χ4v) is 4.17. The molecule has 144 valence electrons. The molecule has 27 heavy (non-hydrogen) atoms. The molecule has 1 aromatic carbocycles. The molecule has 3 rings (SSSR count). The molecule has 1 amide bonds. The number of anilines is 1. The Labute approximate surface area is 161 Å². The van der Waals surface area contributed by atoms with Gasteiger partial charge in [-0.3, -0.25) is 4.79 Å². The molecule has 0 saturated carbocycles. The first kappa shape index (κ1) is 19.3. The minimum Gasteiger partial charge on any atom is -0.398 e. The highest BCUT2D eigenvalue weighted by Crippen LogP contribution is 2.42. The van der Waals surface area contributed by atoms with E-state index in [0.29, 0.717) is 31.3 Å². The molecule has 0 aromatic heterocycles. The Bertz CT molecular complexity index is 812. The van der Waals surface area contributed by atoms with E-state index in [0.717, 1.165) is 36.1 Å². The SMILES string of the molecule is CC(=O)N1CCC(N=[N+]=[N-])(c2ccc(N)c(C3=CCC(C)(C)CC3)c2)CC1. The molecule has 6 heteroatoms. The predicted molar refractivity (Wildman–Crippen MR) is 109 cm³/mol. The maximum atomic E-state index is 11.7. The van der Waals surface area contributed by atoms with Crippen LogP contribution in [0.25, 0.3) is 16.0 Å². The average Bonchev–Trinajstić information content (AvgIpc) is 2.63. The van der Waals surface area contributed by atoms with Crippen LogP contribution >= 0.6 is 0 Å². The van der Waals surface area contributed by atoms with Crippen molar-refractivity contribution in [3.63, 3.8) is 0 Å². The molecule has 0 atom stereocenters. The van der Waals surface area contributed by atoms with Crippen LogP contribution in [0.3, 0.4) is 0 Å². The molecule has 1 saturated heterocycles. The smallest absolute Gasteiger partial charge is 0.219 e. The summed E-state index contributed by atoms with van der Waals surface area (Å²) < 4.78 is 0. The third-order valence-electron chi connectivity index (χ3n) is 6.18. The van der Waals surface area contributed by atoms with Crippen LogP contribution in [0.4, 0.5) is 5.69 Å². The lowest BCUT2D eigenvalue weighted by atomic mass is 9.75. The van der Waals surface area contributed by atoms with Crippen LogP contribution in [0.5, 0.6) is 0 Å². The zero-order valence-electron chi connectivity index (χ0n) is 16.5. The van der Waals surface area contributed by atoms with Gasteiger partial charge in [-0.25, -0.2) is 0 Å². The summed E-state index contributed by atoms with van der Waals surface area (Å²) in [6, 6.07) is 6.01. The van der Waals surface area contributed by atoms with Gasteiger partial charge in [0.1, 0.15) is 0 Å². The van der Waals surface area contributed by atoms with Crippen LogP contribution in [-0.2, 0) is 10.3 Å². The van der Waals surface area contributed by atoms with Gasteiger partial charge in [0.05, 0.1) is 5.54 Å². The second-order valence-electron chi connectivity index (χ2n) is 8.63. The van der Waals surface area contributed by atoms with E-state index in [1.165, 1.54) is 5.57 Å². The molecule has 0 radical (unpaired) electrons. The largest absolute Gasteiger partial charge is 0.398 e. The van der Waals surface area contributed by atoms with E-state index >= 15 is 0 Å². The monoisotopic (exact) mass is 367 g/mol.